The topological polar surface area (TPSA) is 126 Å². The fourth-order valence-corrected chi connectivity index (χ4v) is 5.20. The van der Waals surface area contributed by atoms with Crippen LogP contribution in [0.5, 0.6) is 11.5 Å². The molecule has 4 aromatic carbocycles. The fourth-order valence-electron chi connectivity index (χ4n) is 3.75. The third-order valence-corrected chi connectivity index (χ3v) is 7.55. The molecule has 4 aromatic rings. The largest absolute Gasteiger partial charge is 0.495 e. The van der Waals surface area contributed by atoms with Gasteiger partial charge in [-0.25, -0.2) is 18.2 Å². The molecular weight excluding hydrogens is 563 g/mol. The average Bonchev–Trinajstić information content (AvgIpc) is 3.00. The molecule has 2 N–H and O–H groups in total. The number of sulfonamides is 1. The van der Waals surface area contributed by atoms with E-state index < -0.39 is 28.3 Å². The van der Waals surface area contributed by atoms with E-state index in [0.29, 0.717) is 27.1 Å². The lowest BCUT2D eigenvalue weighted by Crippen LogP contribution is -2.40. The van der Waals surface area contributed by atoms with Crippen LogP contribution in [0.2, 0.25) is 0 Å². The van der Waals surface area contributed by atoms with Crippen molar-refractivity contribution in [3.63, 3.8) is 0 Å². The lowest BCUT2D eigenvalue weighted by Gasteiger charge is -2.24. The minimum absolute atomic E-state index is 0.0934. The van der Waals surface area contributed by atoms with Gasteiger partial charge in [-0.2, -0.15) is 5.10 Å². The van der Waals surface area contributed by atoms with E-state index in [1.165, 1.54) is 55.8 Å². The quantitative estimate of drug-likeness (QED) is 0.188. The van der Waals surface area contributed by atoms with Gasteiger partial charge < -0.3 is 14.8 Å². The van der Waals surface area contributed by atoms with Crippen molar-refractivity contribution in [2.45, 2.75) is 4.90 Å². The molecular formula is C30H27FN4O6S. The maximum atomic E-state index is 14.6. The number of hydrogen-bond donors (Lipinski definition) is 2. The second-order valence-corrected chi connectivity index (χ2v) is 10.5. The van der Waals surface area contributed by atoms with E-state index in [1.807, 2.05) is 0 Å². The molecule has 0 fully saturated rings. The van der Waals surface area contributed by atoms with Crippen molar-refractivity contribution in [1.82, 2.24) is 5.43 Å². The van der Waals surface area contributed by atoms with Crippen molar-refractivity contribution in [3.8, 4) is 11.5 Å². The number of carbonyl (C=O) groups is 2. The van der Waals surface area contributed by atoms with Crippen molar-refractivity contribution in [3.05, 3.63) is 115 Å². The summed E-state index contributed by atoms with van der Waals surface area (Å²) in [4.78, 5) is 24.8. The van der Waals surface area contributed by atoms with Crippen LogP contribution in [-0.4, -0.2) is 46.7 Å². The van der Waals surface area contributed by atoms with Crippen molar-refractivity contribution in [2.24, 2.45) is 5.10 Å². The number of hydrogen-bond acceptors (Lipinski definition) is 7. The first kappa shape index (κ1) is 29.7. The molecule has 216 valence electrons. The Labute approximate surface area is 242 Å². The van der Waals surface area contributed by atoms with Gasteiger partial charge in [0.05, 0.1) is 29.6 Å². The Hall–Kier alpha value is -5.23. The van der Waals surface area contributed by atoms with Gasteiger partial charge in [-0.3, -0.25) is 13.9 Å². The average molecular weight is 591 g/mol. The molecule has 42 heavy (non-hydrogen) atoms. The molecule has 2 amide bonds. The van der Waals surface area contributed by atoms with E-state index >= 15 is 0 Å². The number of ether oxygens (including phenoxy) is 2. The number of nitrogens with zero attached hydrogens (tertiary/aromatic N) is 2. The second kappa shape index (κ2) is 13.9. The number of para-hydroxylation sites is 3. The number of carbonyl (C=O) groups excluding carboxylic acids is 2. The van der Waals surface area contributed by atoms with Crippen LogP contribution in [-0.2, 0) is 19.6 Å². The minimum Gasteiger partial charge on any atom is -0.495 e. The maximum absolute atomic E-state index is 14.6. The highest BCUT2D eigenvalue weighted by Crippen LogP contribution is 2.26. The number of nitrogens with one attached hydrogen (secondary N) is 2. The van der Waals surface area contributed by atoms with E-state index in [1.54, 1.807) is 54.6 Å². The number of rotatable bonds is 12. The molecule has 0 saturated carbocycles. The van der Waals surface area contributed by atoms with E-state index in [2.05, 4.69) is 15.8 Å². The van der Waals surface area contributed by atoms with Crippen molar-refractivity contribution < 1.29 is 31.9 Å². The number of amides is 2. The Kier molecular flexibility index (Phi) is 9.85. The summed E-state index contributed by atoms with van der Waals surface area (Å²) in [6.45, 7) is -0.939. The van der Waals surface area contributed by atoms with Crippen LogP contribution in [0.25, 0.3) is 0 Å². The predicted molar refractivity (Wildman–Crippen MR) is 157 cm³/mol. The van der Waals surface area contributed by atoms with E-state index in [-0.39, 0.29) is 23.1 Å². The zero-order valence-electron chi connectivity index (χ0n) is 22.4. The van der Waals surface area contributed by atoms with Crippen LogP contribution >= 0.6 is 0 Å². The molecule has 4 rings (SSSR count). The lowest BCUT2D eigenvalue weighted by atomic mass is 10.2. The van der Waals surface area contributed by atoms with Gasteiger partial charge in [-0.15, -0.1) is 0 Å². The molecule has 0 aliphatic carbocycles. The van der Waals surface area contributed by atoms with Crippen LogP contribution in [0.15, 0.2) is 113 Å². The van der Waals surface area contributed by atoms with Crippen LogP contribution in [0.4, 0.5) is 15.8 Å². The van der Waals surface area contributed by atoms with Crippen LogP contribution < -0.4 is 24.5 Å². The SMILES string of the molecule is COc1ccccc1NC(=O)COc1ccc(/C=N\NC(=O)CN(c2ccccc2F)S(=O)(=O)c2ccccc2)cc1. The van der Waals surface area contributed by atoms with Crippen molar-refractivity contribution in [2.75, 3.05) is 29.9 Å². The standard InChI is InChI=1S/C30H27FN4O6S/c1-40-28-14-8-6-12-26(28)33-30(37)21-41-23-17-15-22(16-18-23)19-32-34-29(36)20-35(27-13-7-5-11-25(27)31)42(38,39)24-9-3-2-4-10-24/h2-19H,20-21H2,1H3,(H,33,37)(H,34,36)/b32-19-. The lowest BCUT2D eigenvalue weighted by molar-refractivity contribution is -0.119. The van der Waals surface area contributed by atoms with Gasteiger partial charge in [0.25, 0.3) is 21.8 Å². The third kappa shape index (κ3) is 7.70. The highest BCUT2D eigenvalue weighted by molar-refractivity contribution is 7.92. The normalized spacial score (nSPS) is 11.1. The monoisotopic (exact) mass is 590 g/mol. The Morgan fingerprint density at radius 3 is 2.26 bits per heavy atom. The number of hydrazone groups is 1. The van der Waals surface area contributed by atoms with Gasteiger partial charge in [0.2, 0.25) is 0 Å². The van der Waals surface area contributed by atoms with Gasteiger partial charge in [0.1, 0.15) is 23.9 Å². The zero-order chi connectivity index (χ0) is 30.0. The summed E-state index contributed by atoms with van der Waals surface area (Å²) in [5.74, 6) is -0.994. The number of anilines is 2. The van der Waals surface area contributed by atoms with Crippen molar-refractivity contribution >= 4 is 39.4 Å². The van der Waals surface area contributed by atoms with E-state index in [9.17, 15) is 22.4 Å². The molecule has 0 spiro atoms. The van der Waals surface area contributed by atoms with E-state index in [0.717, 1.165) is 6.07 Å². The molecule has 10 nitrogen and oxygen atoms in total. The van der Waals surface area contributed by atoms with Gasteiger partial charge in [0, 0.05) is 0 Å². The van der Waals surface area contributed by atoms with Crippen LogP contribution in [0, 0.1) is 5.82 Å². The molecule has 0 bridgehead atoms. The summed E-state index contributed by atoms with van der Waals surface area (Å²) in [6.07, 6.45) is 1.34. The van der Waals surface area contributed by atoms with Gasteiger partial charge in [0.15, 0.2) is 6.61 Å². The first-order valence-corrected chi connectivity index (χ1v) is 14.0. The Bertz CT molecular complexity index is 1660. The number of halogens is 1. The second-order valence-electron chi connectivity index (χ2n) is 8.68. The molecule has 0 unspecified atom stereocenters. The fraction of sp³-hybridized carbons (Fsp3) is 0.100. The molecule has 0 atom stereocenters. The molecule has 0 saturated heterocycles. The Morgan fingerprint density at radius 2 is 1.55 bits per heavy atom. The zero-order valence-corrected chi connectivity index (χ0v) is 23.3. The first-order valence-electron chi connectivity index (χ1n) is 12.6. The molecule has 0 aliphatic heterocycles. The predicted octanol–water partition coefficient (Wildman–Crippen LogP) is 4.20. The summed E-state index contributed by atoms with van der Waals surface area (Å²) in [6, 6.07) is 26.2. The van der Waals surface area contributed by atoms with Crippen molar-refractivity contribution in [1.29, 1.82) is 0 Å². The number of methoxy groups -OCH3 is 1. The summed E-state index contributed by atoms with van der Waals surface area (Å²) < 4.78 is 52.5. The summed E-state index contributed by atoms with van der Waals surface area (Å²) in [7, 11) is -2.75. The maximum Gasteiger partial charge on any atom is 0.264 e. The molecule has 0 heterocycles. The van der Waals surface area contributed by atoms with E-state index in [4.69, 9.17) is 9.47 Å². The Morgan fingerprint density at radius 1 is 0.881 bits per heavy atom. The highest BCUT2D eigenvalue weighted by Gasteiger charge is 2.28. The van der Waals surface area contributed by atoms with Crippen LogP contribution in [0.3, 0.4) is 0 Å². The van der Waals surface area contributed by atoms with Gasteiger partial charge >= 0.3 is 0 Å². The smallest absolute Gasteiger partial charge is 0.264 e. The minimum atomic E-state index is -4.25. The highest BCUT2D eigenvalue weighted by atomic mass is 32.2. The molecule has 12 heteroatoms. The molecule has 0 radical (unpaired) electrons. The third-order valence-electron chi connectivity index (χ3n) is 5.77. The summed E-state index contributed by atoms with van der Waals surface area (Å²) >= 11 is 0. The summed E-state index contributed by atoms with van der Waals surface area (Å²) in [5, 5.41) is 6.59. The first-order chi connectivity index (χ1) is 20.3. The molecule has 0 aliphatic rings. The van der Waals surface area contributed by atoms with Crippen LogP contribution in [0.1, 0.15) is 5.56 Å². The Balaban J connectivity index is 1.34. The molecule has 0 aromatic heterocycles. The number of benzene rings is 4. The summed E-state index contributed by atoms with van der Waals surface area (Å²) in [5.41, 5.74) is 3.11. The van der Waals surface area contributed by atoms with Gasteiger partial charge in [-0.1, -0.05) is 42.5 Å². The van der Waals surface area contributed by atoms with Gasteiger partial charge in [-0.05, 0) is 66.2 Å².